The Balaban J connectivity index is 1.78. The molecule has 1 aromatic carbocycles. The molecule has 0 radical (unpaired) electrons. The number of rotatable bonds is 3. The van der Waals surface area contributed by atoms with E-state index in [-0.39, 0.29) is 35.5 Å². The predicted octanol–water partition coefficient (Wildman–Crippen LogP) is 1.44. The molecule has 0 aliphatic carbocycles. The van der Waals surface area contributed by atoms with Crippen LogP contribution in [0.4, 0.5) is 4.39 Å². The summed E-state index contributed by atoms with van der Waals surface area (Å²) in [6, 6.07) is 4.98. The second-order valence-corrected chi connectivity index (χ2v) is 8.52. The summed E-state index contributed by atoms with van der Waals surface area (Å²) in [7, 11) is 4.23. The quantitative estimate of drug-likeness (QED) is 0.369. The summed E-state index contributed by atoms with van der Waals surface area (Å²) >= 11 is 0. The molecule has 5 rings (SSSR count). The highest BCUT2D eigenvalue weighted by Crippen LogP contribution is 2.39. The van der Waals surface area contributed by atoms with Gasteiger partial charge in [0.15, 0.2) is 5.60 Å². The SMILES string of the molecule is CC[C@@]1(O)C(=O)OCc2c1cc1n(c2=O)Cc2cc3c(CNC)c(P)c(F)cc3nc2-1. The smallest absolute Gasteiger partial charge is 0.343 e. The molecule has 2 atom stereocenters. The number of hydrogen-bond donors (Lipinski definition) is 2. The van der Waals surface area contributed by atoms with Crippen LogP contribution in [0.25, 0.3) is 22.3 Å². The van der Waals surface area contributed by atoms with Crippen LogP contribution < -0.4 is 16.2 Å². The van der Waals surface area contributed by atoms with Gasteiger partial charge in [0.2, 0.25) is 0 Å². The number of aliphatic hydroxyl groups is 1. The van der Waals surface area contributed by atoms with Crippen LogP contribution in [0.1, 0.15) is 35.6 Å². The van der Waals surface area contributed by atoms with Gasteiger partial charge in [-0.25, -0.2) is 14.2 Å². The zero-order chi connectivity index (χ0) is 22.1. The number of esters is 1. The van der Waals surface area contributed by atoms with Crippen molar-refractivity contribution >= 4 is 31.4 Å². The zero-order valence-corrected chi connectivity index (χ0v) is 18.2. The maximum Gasteiger partial charge on any atom is 0.343 e. The third kappa shape index (κ3) is 2.72. The van der Waals surface area contributed by atoms with Gasteiger partial charge in [0, 0.05) is 34.4 Å². The zero-order valence-electron chi connectivity index (χ0n) is 17.1. The lowest BCUT2D eigenvalue weighted by molar-refractivity contribution is -0.172. The first-order valence-electron chi connectivity index (χ1n) is 10.0. The summed E-state index contributed by atoms with van der Waals surface area (Å²) < 4.78 is 21.2. The molecule has 4 heterocycles. The third-order valence-corrected chi connectivity index (χ3v) is 6.89. The van der Waals surface area contributed by atoms with E-state index in [1.807, 2.05) is 6.07 Å². The number of fused-ring (bicyclic) bond motifs is 5. The number of aromatic nitrogens is 2. The van der Waals surface area contributed by atoms with E-state index < -0.39 is 11.6 Å². The Labute approximate surface area is 179 Å². The molecular formula is C22H21FN3O4P. The van der Waals surface area contributed by atoms with Crippen molar-refractivity contribution in [1.29, 1.82) is 0 Å². The van der Waals surface area contributed by atoms with Crippen molar-refractivity contribution in [3.8, 4) is 11.4 Å². The van der Waals surface area contributed by atoms with Crippen LogP contribution in [0.5, 0.6) is 0 Å². The van der Waals surface area contributed by atoms with E-state index in [1.54, 1.807) is 24.6 Å². The minimum Gasteiger partial charge on any atom is -0.458 e. The van der Waals surface area contributed by atoms with Crippen LogP contribution in [-0.2, 0) is 34.8 Å². The Morgan fingerprint density at radius 3 is 2.84 bits per heavy atom. The first-order valence-corrected chi connectivity index (χ1v) is 10.6. The number of benzene rings is 1. The normalized spacial score (nSPS) is 19.2. The molecule has 2 aromatic heterocycles. The van der Waals surface area contributed by atoms with Crippen LogP contribution in [0, 0.1) is 5.82 Å². The molecule has 0 saturated carbocycles. The fourth-order valence-corrected chi connectivity index (χ4v) is 4.88. The van der Waals surface area contributed by atoms with Gasteiger partial charge in [-0.05, 0) is 31.2 Å². The molecular weight excluding hydrogens is 420 g/mol. The van der Waals surface area contributed by atoms with Crippen LogP contribution >= 0.6 is 9.24 Å². The van der Waals surface area contributed by atoms with Crippen LogP contribution in [-0.4, -0.2) is 27.7 Å². The van der Waals surface area contributed by atoms with E-state index in [4.69, 9.17) is 9.72 Å². The van der Waals surface area contributed by atoms with Gasteiger partial charge in [-0.15, -0.1) is 9.24 Å². The Morgan fingerprint density at radius 2 is 2.13 bits per heavy atom. The second kappa shape index (κ2) is 6.92. The molecule has 1 unspecified atom stereocenters. The van der Waals surface area contributed by atoms with Crippen molar-refractivity contribution in [2.24, 2.45) is 0 Å². The summed E-state index contributed by atoms with van der Waals surface area (Å²) in [5, 5.41) is 15.3. The van der Waals surface area contributed by atoms with E-state index in [0.29, 0.717) is 35.3 Å². The van der Waals surface area contributed by atoms with Crippen molar-refractivity contribution < 1.29 is 19.0 Å². The lowest BCUT2D eigenvalue weighted by Gasteiger charge is -2.31. The molecule has 2 aliphatic heterocycles. The fourth-order valence-electron chi connectivity index (χ4n) is 4.54. The summed E-state index contributed by atoms with van der Waals surface area (Å²) in [5.74, 6) is -1.14. The minimum atomic E-state index is -1.87. The van der Waals surface area contributed by atoms with Gasteiger partial charge in [0.1, 0.15) is 12.4 Å². The maximum atomic E-state index is 14.5. The lowest BCUT2D eigenvalue weighted by atomic mass is 9.86. The van der Waals surface area contributed by atoms with Gasteiger partial charge < -0.3 is 19.7 Å². The largest absolute Gasteiger partial charge is 0.458 e. The number of ether oxygens (including phenoxy) is 1. The monoisotopic (exact) mass is 441 g/mol. The fraction of sp³-hybridized carbons (Fsp3) is 0.318. The van der Waals surface area contributed by atoms with Gasteiger partial charge in [-0.3, -0.25) is 4.79 Å². The first kappa shape index (κ1) is 20.2. The first-order chi connectivity index (χ1) is 14.8. The predicted molar refractivity (Wildman–Crippen MR) is 117 cm³/mol. The number of carbonyl (C=O) groups excluding carboxylic acids is 1. The van der Waals surface area contributed by atoms with Gasteiger partial charge >= 0.3 is 5.97 Å². The van der Waals surface area contributed by atoms with Crippen molar-refractivity contribution in [2.75, 3.05) is 7.05 Å². The summed E-state index contributed by atoms with van der Waals surface area (Å²) in [6.45, 7) is 2.27. The highest BCUT2D eigenvalue weighted by atomic mass is 31.0. The van der Waals surface area contributed by atoms with Gasteiger partial charge in [-0.2, -0.15) is 0 Å². The minimum absolute atomic E-state index is 0.0786. The van der Waals surface area contributed by atoms with E-state index in [0.717, 1.165) is 16.5 Å². The number of pyridine rings is 2. The molecule has 0 bridgehead atoms. The van der Waals surface area contributed by atoms with Crippen molar-refractivity contribution in [2.45, 2.75) is 38.6 Å². The number of hydrogen-bond acceptors (Lipinski definition) is 6. The van der Waals surface area contributed by atoms with Crippen molar-refractivity contribution in [1.82, 2.24) is 14.9 Å². The Hall–Kier alpha value is -2.67. The van der Waals surface area contributed by atoms with E-state index in [2.05, 4.69) is 14.6 Å². The van der Waals surface area contributed by atoms with Crippen LogP contribution in [0.2, 0.25) is 0 Å². The maximum absolute atomic E-state index is 14.5. The lowest BCUT2D eigenvalue weighted by Crippen LogP contribution is -2.44. The molecule has 0 spiro atoms. The second-order valence-electron chi connectivity index (χ2n) is 7.95. The summed E-state index contributed by atoms with van der Waals surface area (Å²) in [4.78, 5) is 30.2. The molecule has 0 saturated heterocycles. The molecule has 3 aromatic rings. The van der Waals surface area contributed by atoms with Gasteiger partial charge in [0.25, 0.3) is 5.56 Å². The molecule has 7 nitrogen and oxygen atoms in total. The van der Waals surface area contributed by atoms with E-state index in [1.165, 1.54) is 6.07 Å². The van der Waals surface area contributed by atoms with Crippen LogP contribution in [0.3, 0.4) is 0 Å². The van der Waals surface area contributed by atoms with Gasteiger partial charge in [0.05, 0.1) is 29.0 Å². The number of nitrogens with one attached hydrogen (secondary N) is 1. The average molecular weight is 441 g/mol. The van der Waals surface area contributed by atoms with Crippen molar-refractivity contribution in [3.05, 3.63) is 56.6 Å². The van der Waals surface area contributed by atoms with E-state index in [9.17, 15) is 19.1 Å². The molecule has 9 heteroatoms. The summed E-state index contributed by atoms with van der Waals surface area (Å²) in [5.41, 5.74) is 1.51. The number of cyclic esters (lactones) is 1. The van der Waals surface area contributed by atoms with E-state index >= 15 is 0 Å². The number of carbonyl (C=O) groups is 1. The average Bonchev–Trinajstić information content (AvgIpc) is 3.11. The Kier molecular flexibility index (Phi) is 4.52. The molecule has 0 amide bonds. The summed E-state index contributed by atoms with van der Waals surface area (Å²) in [6.07, 6.45) is 0.0786. The van der Waals surface area contributed by atoms with Crippen LogP contribution in [0.15, 0.2) is 23.0 Å². The highest BCUT2D eigenvalue weighted by Gasteiger charge is 2.45. The van der Waals surface area contributed by atoms with Crippen molar-refractivity contribution in [3.63, 3.8) is 0 Å². The standard InChI is InChI=1S/C22H21FN3O4P/c1-3-22(29)14-5-17-18-10(8-26(17)20(27)13(14)9-30-21(22)28)4-11-12(7-24-2)19(31)15(23)6-16(11)25-18/h4-6,24,29H,3,7-9,31H2,1-2H3/t22-/m0/s1. The number of nitrogens with zero attached hydrogens (tertiary/aromatic N) is 2. The van der Waals surface area contributed by atoms with Gasteiger partial charge in [-0.1, -0.05) is 6.92 Å². The molecule has 2 aliphatic rings. The molecule has 0 fully saturated rings. The molecule has 160 valence electrons. The Bertz CT molecular complexity index is 1350. The number of halogens is 1. The molecule has 31 heavy (non-hydrogen) atoms. The molecule has 2 N–H and O–H groups in total. The third-order valence-electron chi connectivity index (χ3n) is 6.27. The topological polar surface area (TPSA) is 93.5 Å². The Morgan fingerprint density at radius 1 is 1.35 bits per heavy atom. The highest BCUT2D eigenvalue weighted by molar-refractivity contribution is 7.27.